The standard InChI is InChI=1S/C24H31N7O2/c1-15-5-7-17(8-6-15)21(29-23(32)20-11-12-26-30(20)3)24(33)28-18-9-10-19(25-14-18)22-16(2)13-27-31(22)4/h9-15,17,21H,5-8H2,1-4H3,(H,28,33)(H,29,32). The predicted octanol–water partition coefficient (Wildman–Crippen LogP) is 3.09. The second-order valence-electron chi connectivity index (χ2n) is 9.03. The van der Waals surface area contributed by atoms with Gasteiger partial charge in [0.25, 0.3) is 5.91 Å². The van der Waals surface area contributed by atoms with E-state index in [0.29, 0.717) is 17.3 Å². The van der Waals surface area contributed by atoms with Gasteiger partial charge >= 0.3 is 0 Å². The van der Waals surface area contributed by atoms with E-state index in [2.05, 4.69) is 32.7 Å². The fourth-order valence-corrected chi connectivity index (χ4v) is 4.57. The molecular weight excluding hydrogens is 418 g/mol. The van der Waals surface area contributed by atoms with Gasteiger partial charge < -0.3 is 10.6 Å². The molecular formula is C24H31N7O2. The first-order valence-electron chi connectivity index (χ1n) is 11.4. The minimum atomic E-state index is -0.626. The Morgan fingerprint density at radius 1 is 1.03 bits per heavy atom. The number of pyridine rings is 1. The molecule has 0 spiro atoms. The first-order valence-corrected chi connectivity index (χ1v) is 11.4. The van der Waals surface area contributed by atoms with Crippen molar-refractivity contribution in [3.05, 3.63) is 48.0 Å². The van der Waals surface area contributed by atoms with Gasteiger partial charge in [0.2, 0.25) is 5.91 Å². The third kappa shape index (κ3) is 4.97. The number of aromatic nitrogens is 5. The summed E-state index contributed by atoms with van der Waals surface area (Å²) in [7, 11) is 3.59. The van der Waals surface area contributed by atoms with Crippen LogP contribution in [0.15, 0.2) is 36.8 Å². The second kappa shape index (κ2) is 9.56. The van der Waals surface area contributed by atoms with Gasteiger partial charge in [-0.05, 0) is 55.4 Å². The first kappa shape index (κ1) is 22.7. The summed E-state index contributed by atoms with van der Waals surface area (Å²) in [6.45, 7) is 4.22. The molecule has 1 atom stereocenters. The fourth-order valence-electron chi connectivity index (χ4n) is 4.57. The molecule has 33 heavy (non-hydrogen) atoms. The Morgan fingerprint density at radius 2 is 1.79 bits per heavy atom. The predicted molar refractivity (Wildman–Crippen MR) is 125 cm³/mol. The lowest BCUT2D eigenvalue weighted by Gasteiger charge is -2.32. The lowest BCUT2D eigenvalue weighted by atomic mass is 9.79. The highest BCUT2D eigenvalue weighted by Gasteiger charge is 2.33. The van der Waals surface area contributed by atoms with Crippen LogP contribution in [0.5, 0.6) is 0 Å². The molecule has 0 saturated heterocycles. The second-order valence-corrected chi connectivity index (χ2v) is 9.03. The van der Waals surface area contributed by atoms with Crippen LogP contribution in [0.1, 0.15) is 48.7 Å². The SMILES string of the molecule is Cc1cnn(C)c1-c1ccc(NC(=O)C(NC(=O)c2ccnn2C)C2CCC(C)CC2)cn1. The first-order chi connectivity index (χ1) is 15.8. The highest BCUT2D eigenvalue weighted by atomic mass is 16.2. The van der Waals surface area contributed by atoms with E-state index in [9.17, 15) is 9.59 Å². The van der Waals surface area contributed by atoms with Crippen molar-refractivity contribution in [3.8, 4) is 11.4 Å². The maximum absolute atomic E-state index is 13.3. The smallest absolute Gasteiger partial charge is 0.270 e. The van der Waals surface area contributed by atoms with Gasteiger partial charge in [-0.2, -0.15) is 10.2 Å². The van der Waals surface area contributed by atoms with Gasteiger partial charge in [-0.25, -0.2) is 0 Å². The lowest BCUT2D eigenvalue weighted by Crippen LogP contribution is -2.49. The number of rotatable bonds is 6. The number of nitrogens with zero attached hydrogens (tertiary/aromatic N) is 5. The molecule has 0 aromatic carbocycles. The van der Waals surface area contributed by atoms with Crippen LogP contribution in [0, 0.1) is 18.8 Å². The quantitative estimate of drug-likeness (QED) is 0.601. The molecule has 0 radical (unpaired) electrons. The Morgan fingerprint density at radius 3 is 2.36 bits per heavy atom. The largest absolute Gasteiger partial charge is 0.339 e. The molecule has 174 valence electrons. The molecule has 3 aromatic heterocycles. The summed E-state index contributed by atoms with van der Waals surface area (Å²) in [5.74, 6) is 0.206. The Balaban J connectivity index is 1.51. The van der Waals surface area contributed by atoms with Crippen molar-refractivity contribution in [2.24, 2.45) is 25.9 Å². The Labute approximate surface area is 193 Å². The number of aryl methyl sites for hydroxylation is 3. The minimum absolute atomic E-state index is 0.0858. The van der Waals surface area contributed by atoms with E-state index in [1.807, 2.05) is 26.1 Å². The summed E-state index contributed by atoms with van der Waals surface area (Å²) in [6.07, 6.45) is 8.93. The molecule has 3 heterocycles. The van der Waals surface area contributed by atoms with Crippen molar-refractivity contribution in [1.82, 2.24) is 29.9 Å². The molecule has 9 nitrogen and oxygen atoms in total. The van der Waals surface area contributed by atoms with Gasteiger partial charge in [0.05, 0.1) is 29.5 Å². The molecule has 4 rings (SSSR count). The van der Waals surface area contributed by atoms with Gasteiger partial charge in [-0.3, -0.25) is 23.9 Å². The van der Waals surface area contributed by atoms with Crippen LogP contribution >= 0.6 is 0 Å². The van der Waals surface area contributed by atoms with E-state index in [4.69, 9.17) is 0 Å². The molecule has 2 amide bonds. The van der Waals surface area contributed by atoms with Crippen molar-refractivity contribution in [2.75, 3.05) is 5.32 Å². The number of carbonyl (C=O) groups is 2. The van der Waals surface area contributed by atoms with Crippen molar-refractivity contribution < 1.29 is 9.59 Å². The normalized spacial score (nSPS) is 19.2. The Hall–Kier alpha value is -3.49. The molecule has 1 unspecified atom stereocenters. The number of amides is 2. The fraction of sp³-hybridized carbons (Fsp3) is 0.458. The van der Waals surface area contributed by atoms with Crippen LogP contribution in [0.2, 0.25) is 0 Å². The zero-order valence-corrected chi connectivity index (χ0v) is 19.6. The summed E-state index contributed by atoms with van der Waals surface area (Å²) in [5.41, 5.74) is 3.77. The van der Waals surface area contributed by atoms with Gasteiger partial charge in [0.15, 0.2) is 0 Å². The monoisotopic (exact) mass is 449 g/mol. The van der Waals surface area contributed by atoms with Crippen LogP contribution in [0.25, 0.3) is 11.4 Å². The van der Waals surface area contributed by atoms with Gasteiger partial charge in [0, 0.05) is 20.3 Å². The average Bonchev–Trinajstić information content (AvgIpc) is 3.38. The highest BCUT2D eigenvalue weighted by Crippen LogP contribution is 2.31. The number of hydrogen-bond donors (Lipinski definition) is 2. The van der Waals surface area contributed by atoms with Gasteiger partial charge in [0.1, 0.15) is 11.7 Å². The molecule has 1 saturated carbocycles. The lowest BCUT2D eigenvalue weighted by molar-refractivity contribution is -0.119. The molecule has 1 fully saturated rings. The van der Waals surface area contributed by atoms with E-state index in [1.54, 1.807) is 36.4 Å². The van der Waals surface area contributed by atoms with E-state index >= 15 is 0 Å². The van der Waals surface area contributed by atoms with E-state index in [1.165, 1.54) is 4.68 Å². The van der Waals surface area contributed by atoms with Crippen LogP contribution < -0.4 is 10.6 Å². The van der Waals surface area contributed by atoms with Crippen LogP contribution in [-0.4, -0.2) is 42.4 Å². The van der Waals surface area contributed by atoms with E-state index < -0.39 is 6.04 Å². The summed E-state index contributed by atoms with van der Waals surface area (Å²) in [5, 5.41) is 14.2. The van der Waals surface area contributed by atoms with E-state index in [-0.39, 0.29) is 17.7 Å². The summed E-state index contributed by atoms with van der Waals surface area (Å²) >= 11 is 0. The average molecular weight is 450 g/mol. The van der Waals surface area contributed by atoms with Crippen molar-refractivity contribution in [1.29, 1.82) is 0 Å². The van der Waals surface area contributed by atoms with Crippen molar-refractivity contribution in [3.63, 3.8) is 0 Å². The molecule has 1 aliphatic rings. The molecule has 9 heteroatoms. The number of nitrogens with one attached hydrogen (secondary N) is 2. The number of hydrogen-bond acceptors (Lipinski definition) is 5. The topological polar surface area (TPSA) is 107 Å². The van der Waals surface area contributed by atoms with Crippen molar-refractivity contribution in [2.45, 2.75) is 45.6 Å². The summed E-state index contributed by atoms with van der Waals surface area (Å²) in [6, 6.07) is 4.72. The molecule has 3 aromatic rings. The van der Waals surface area contributed by atoms with Gasteiger partial charge in [-0.1, -0.05) is 19.8 Å². The summed E-state index contributed by atoms with van der Waals surface area (Å²) in [4.78, 5) is 30.7. The van der Waals surface area contributed by atoms with Crippen LogP contribution in [0.4, 0.5) is 5.69 Å². The number of anilines is 1. The molecule has 0 bridgehead atoms. The van der Waals surface area contributed by atoms with Crippen LogP contribution in [0.3, 0.4) is 0 Å². The maximum Gasteiger partial charge on any atom is 0.270 e. The maximum atomic E-state index is 13.3. The number of carbonyl (C=O) groups excluding carboxylic acids is 2. The van der Waals surface area contributed by atoms with Gasteiger partial charge in [-0.15, -0.1) is 0 Å². The third-order valence-electron chi connectivity index (χ3n) is 6.55. The minimum Gasteiger partial charge on any atom is -0.339 e. The molecule has 1 aliphatic carbocycles. The third-order valence-corrected chi connectivity index (χ3v) is 6.55. The van der Waals surface area contributed by atoms with Crippen molar-refractivity contribution >= 4 is 17.5 Å². The molecule has 2 N–H and O–H groups in total. The van der Waals surface area contributed by atoms with Crippen LogP contribution in [-0.2, 0) is 18.9 Å². The van der Waals surface area contributed by atoms with E-state index in [0.717, 1.165) is 42.6 Å². The molecule has 0 aliphatic heterocycles. The Bertz CT molecular complexity index is 1100. The zero-order chi connectivity index (χ0) is 23.5. The zero-order valence-electron chi connectivity index (χ0n) is 19.6. The highest BCUT2D eigenvalue weighted by molar-refractivity contribution is 6.00. The Kier molecular flexibility index (Phi) is 6.57. The summed E-state index contributed by atoms with van der Waals surface area (Å²) < 4.78 is 3.29.